The van der Waals surface area contributed by atoms with Crippen molar-refractivity contribution < 1.29 is 4.39 Å². The van der Waals surface area contributed by atoms with Crippen LogP contribution in [0.3, 0.4) is 0 Å². The van der Waals surface area contributed by atoms with Crippen molar-refractivity contribution in [3.05, 3.63) is 52.5 Å². The summed E-state index contributed by atoms with van der Waals surface area (Å²) in [5, 5.41) is 21.1. The van der Waals surface area contributed by atoms with E-state index in [1.807, 2.05) is 0 Å². The molecule has 4 heteroatoms. The maximum Gasteiger partial charge on any atom is 0.123 e. The van der Waals surface area contributed by atoms with Crippen LogP contribution < -0.4 is 5.32 Å². The van der Waals surface area contributed by atoms with Crippen LogP contribution in [0.15, 0.2) is 41.1 Å². The van der Waals surface area contributed by atoms with Gasteiger partial charge >= 0.3 is 0 Å². The van der Waals surface area contributed by atoms with Crippen LogP contribution in [0.2, 0.25) is 0 Å². The Kier molecular flexibility index (Phi) is 3.12. The molecule has 0 bridgehead atoms. The molecule has 1 aliphatic heterocycles. The maximum atomic E-state index is 12.9. The first-order valence-corrected chi connectivity index (χ1v) is 5.41. The minimum Gasteiger partial charge on any atom is -0.357 e. The van der Waals surface area contributed by atoms with Crippen molar-refractivity contribution in [3.63, 3.8) is 0 Å². The highest BCUT2D eigenvalue weighted by Crippen LogP contribution is 2.27. The summed E-state index contributed by atoms with van der Waals surface area (Å²) in [6.45, 7) is 1.79. The third-order valence-corrected chi connectivity index (χ3v) is 2.82. The van der Waals surface area contributed by atoms with E-state index in [4.69, 9.17) is 10.5 Å². The monoisotopic (exact) mass is 239 g/mol. The number of dihydropyridines is 1. The second-order valence-electron chi connectivity index (χ2n) is 3.99. The zero-order chi connectivity index (χ0) is 13.1. The minimum absolute atomic E-state index is 0.318. The summed E-state index contributed by atoms with van der Waals surface area (Å²) in [4.78, 5) is 0. The van der Waals surface area contributed by atoms with Crippen LogP contribution in [0.4, 0.5) is 4.39 Å². The van der Waals surface area contributed by atoms with Gasteiger partial charge in [0, 0.05) is 12.1 Å². The Morgan fingerprint density at radius 3 is 2.28 bits per heavy atom. The summed E-state index contributed by atoms with van der Waals surface area (Å²) < 4.78 is 12.9. The van der Waals surface area contributed by atoms with Gasteiger partial charge in [-0.3, -0.25) is 0 Å². The number of nitrogens with zero attached hydrogens (tertiary/aromatic N) is 2. The van der Waals surface area contributed by atoms with Crippen LogP contribution in [0.5, 0.6) is 0 Å². The maximum absolute atomic E-state index is 12.9. The van der Waals surface area contributed by atoms with Crippen LogP contribution >= 0.6 is 0 Å². The number of rotatable bonds is 1. The number of nitriles is 2. The Balaban J connectivity index is 2.44. The van der Waals surface area contributed by atoms with Crippen molar-refractivity contribution in [1.82, 2.24) is 5.32 Å². The number of allylic oxidation sites excluding steroid dienone is 3. The van der Waals surface area contributed by atoms with Crippen LogP contribution in [-0.2, 0) is 0 Å². The fraction of sp³-hybridized carbons (Fsp3) is 0.143. The molecule has 0 aromatic heterocycles. The fourth-order valence-corrected chi connectivity index (χ4v) is 1.82. The summed E-state index contributed by atoms with van der Waals surface area (Å²) in [5.41, 5.74) is 3.16. The lowest BCUT2D eigenvalue weighted by atomic mass is 9.96. The summed E-state index contributed by atoms with van der Waals surface area (Å²) in [6.07, 6.45) is 0.318. The second-order valence-corrected chi connectivity index (χ2v) is 3.99. The molecule has 88 valence electrons. The molecule has 0 atom stereocenters. The molecule has 0 saturated carbocycles. The predicted molar refractivity (Wildman–Crippen MR) is 65.0 cm³/mol. The Morgan fingerprint density at radius 2 is 1.72 bits per heavy atom. The van der Waals surface area contributed by atoms with Crippen LogP contribution in [-0.4, -0.2) is 0 Å². The molecule has 18 heavy (non-hydrogen) atoms. The van der Waals surface area contributed by atoms with Crippen LogP contribution in [0, 0.1) is 28.5 Å². The van der Waals surface area contributed by atoms with E-state index in [-0.39, 0.29) is 5.82 Å². The molecule has 0 saturated heterocycles. The SMILES string of the molecule is CC1=C(C#N)CC(C#N)=C(c2ccc(F)cc2)N1. The lowest BCUT2D eigenvalue weighted by Gasteiger charge is -2.20. The molecule has 0 spiro atoms. The molecule has 3 nitrogen and oxygen atoms in total. The van der Waals surface area contributed by atoms with Crippen LogP contribution in [0.25, 0.3) is 5.70 Å². The molecule has 0 unspecified atom stereocenters. The van der Waals surface area contributed by atoms with E-state index in [0.717, 1.165) is 11.3 Å². The highest BCUT2D eigenvalue weighted by atomic mass is 19.1. The normalized spacial score (nSPS) is 14.9. The van der Waals surface area contributed by atoms with Gasteiger partial charge in [-0.05, 0) is 36.8 Å². The van der Waals surface area contributed by atoms with Crippen LogP contribution in [0.1, 0.15) is 18.9 Å². The molecule has 1 heterocycles. The van der Waals surface area contributed by atoms with Gasteiger partial charge in [0.1, 0.15) is 5.82 Å². The lowest BCUT2D eigenvalue weighted by molar-refractivity contribution is 0.627. The summed E-state index contributed by atoms with van der Waals surface area (Å²) in [5.74, 6) is -0.321. The highest BCUT2D eigenvalue weighted by molar-refractivity contribution is 5.74. The summed E-state index contributed by atoms with van der Waals surface area (Å²) >= 11 is 0. The van der Waals surface area contributed by atoms with E-state index in [1.165, 1.54) is 12.1 Å². The zero-order valence-electron chi connectivity index (χ0n) is 9.79. The number of nitrogens with one attached hydrogen (secondary N) is 1. The Bertz CT molecular complexity index is 624. The summed E-state index contributed by atoms with van der Waals surface area (Å²) in [6, 6.07) is 10.1. The molecule has 1 N–H and O–H groups in total. The van der Waals surface area contributed by atoms with Gasteiger partial charge in [0.2, 0.25) is 0 Å². The van der Waals surface area contributed by atoms with Crippen molar-refractivity contribution in [3.8, 4) is 12.1 Å². The van der Waals surface area contributed by atoms with Crippen molar-refractivity contribution in [2.45, 2.75) is 13.3 Å². The van der Waals surface area contributed by atoms with Crippen molar-refractivity contribution in [2.24, 2.45) is 0 Å². The second kappa shape index (κ2) is 4.73. The van der Waals surface area contributed by atoms with Gasteiger partial charge in [-0.15, -0.1) is 0 Å². The van der Waals surface area contributed by atoms with Gasteiger partial charge in [-0.2, -0.15) is 10.5 Å². The highest BCUT2D eigenvalue weighted by Gasteiger charge is 2.18. The van der Waals surface area contributed by atoms with Gasteiger partial charge in [0.25, 0.3) is 0 Å². The largest absolute Gasteiger partial charge is 0.357 e. The lowest BCUT2D eigenvalue weighted by Crippen LogP contribution is -2.18. The topological polar surface area (TPSA) is 59.6 Å². The van der Waals surface area contributed by atoms with Gasteiger partial charge in [0.05, 0.1) is 29.0 Å². The first-order valence-electron chi connectivity index (χ1n) is 5.41. The van der Waals surface area contributed by atoms with Gasteiger partial charge in [-0.1, -0.05) is 0 Å². The Hall–Kier alpha value is -2.59. The minimum atomic E-state index is -0.321. The number of halogens is 1. The molecule has 1 aromatic rings. The molecule has 1 aliphatic rings. The van der Waals surface area contributed by atoms with Gasteiger partial charge in [0.15, 0.2) is 0 Å². The molecule has 2 rings (SSSR count). The molecule has 0 fully saturated rings. The van der Waals surface area contributed by atoms with Gasteiger partial charge in [-0.25, -0.2) is 4.39 Å². The smallest absolute Gasteiger partial charge is 0.123 e. The molecular formula is C14H10FN3. The first kappa shape index (κ1) is 11.9. The van der Waals surface area contributed by atoms with E-state index < -0.39 is 0 Å². The molecule has 1 aromatic carbocycles. The summed E-state index contributed by atoms with van der Waals surface area (Å²) in [7, 11) is 0. The third-order valence-electron chi connectivity index (χ3n) is 2.82. The van der Waals surface area contributed by atoms with E-state index in [2.05, 4.69) is 17.5 Å². The Morgan fingerprint density at radius 1 is 1.11 bits per heavy atom. The average molecular weight is 239 g/mol. The van der Waals surface area contributed by atoms with Crippen molar-refractivity contribution in [1.29, 1.82) is 10.5 Å². The molecule has 0 radical (unpaired) electrons. The van der Waals surface area contributed by atoms with Crippen molar-refractivity contribution >= 4 is 5.70 Å². The van der Waals surface area contributed by atoms with E-state index >= 15 is 0 Å². The Labute approximate surface area is 104 Å². The fourth-order valence-electron chi connectivity index (χ4n) is 1.82. The third kappa shape index (κ3) is 2.09. The molecule has 0 amide bonds. The predicted octanol–water partition coefficient (Wildman–Crippen LogP) is 2.85. The van der Waals surface area contributed by atoms with E-state index in [0.29, 0.717) is 23.3 Å². The molecule has 0 aliphatic carbocycles. The zero-order valence-corrected chi connectivity index (χ0v) is 9.79. The standard InChI is InChI=1S/C14H10FN3/c1-9-11(7-16)6-12(8-17)14(18-9)10-2-4-13(15)5-3-10/h2-5,18H,6H2,1H3. The number of hydrogen-bond acceptors (Lipinski definition) is 3. The van der Waals surface area contributed by atoms with Gasteiger partial charge < -0.3 is 5.32 Å². The van der Waals surface area contributed by atoms with E-state index in [9.17, 15) is 4.39 Å². The first-order chi connectivity index (χ1) is 8.65. The number of benzene rings is 1. The number of hydrogen-bond donors (Lipinski definition) is 1. The van der Waals surface area contributed by atoms with Crippen molar-refractivity contribution in [2.75, 3.05) is 0 Å². The van der Waals surface area contributed by atoms with E-state index in [1.54, 1.807) is 19.1 Å². The average Bonchev–Trinajstić information content (AvgIpc) is 2.39. The quantitative estimate of drug-likeness (QED) is 0.819. The molecular weight excluding hydrogens is 229 g/mol.